The van der Waals surface area contributed by atoms with Gasteiger partial charge in [0, 0.05) is 16.1 Å². The molecule has 3 rings (SSSR count). The standard InChI is InChI=1S/C28H28ClNO6/c1-3-35-27(33)21-13-9-8-12-20(21)22-17-19(14-15-23(22)29)26(32)30-24(25(31)28(34)36-4-2)16-18-10-6-5-7-11-18/h5-15,17,24-25,31H,3-4,16H2,1-2H3,(H,30,32)/t24-,25-/m1/s1. The van der Waals surface area contributed by atoms with Crippen molar-refractivity contribution >= 4 is 29.4 Å². The fourth-order valence-corrected chi connectivity index (χ4v) is 3.95. The van der Waals surface area contributed by atoms with Crippen LogP contribution < -0.4 is 5.32 Å². The molecule has 0 aliphatic carbocycles. The van der Waals surface area contributed by atoms with Crippen LogP contribution in [0.25, 0.3) is 11.1 Å². The van der Waals surface area contributed by atoms with Gasteiger partial charge in [0.05, 0.1) is 24.8 Å². The quantitative estimate of drug-likeness (QED) is 0.391. The van der Waals surface area contributed by atoms with E-state index in [1.165, 1.54) is 6.07 Å². The van der Waals surface area contributed by atoms with Crippen LogP contribution in [0.15, 0.2) is 72.8 Å². The van der Waals surface area contributed by atoms with Crippen LogP contribution >= 0.6 is 11.6 Å². The Balaban J connectivity index is 1.92. The summed E-state index contributed by atoms with van der Waals surface area (Å²) in [5.74, 6) is -1.84. The smallest absolute Gasteiger partial charge is 0.338 e. The van der Waals surface area contributed by atoms with Gasteiger partial charge in [-0.15, -0.1) is 0 Å². The zero-order chi connectivity index (χ0) is 26.1. The van der Waals surface area contributed by atoms with Crippen LogP contribution in [0.5, 0.6) is 0 Å². The molecule has 0 fully saturated rings. The molecule has 0 heterocycles. The highest BCUT2D eigenvalue weighted by molar-refractivity contribution is 6.33. The Morgan fingerprint density at radius 1 is 0.889 bits per heavy atom. The van der Waals surface area contributed by atoms with Gasteiger partial charge in [0.1, 0.15) is 0 Å². The van der Waals surface area contributed by atoms with E-state index < -0.39 is 30.0 Å². The first-order chi connectivity index (χ1) is 17.3. The van der Waals surface area contributed by atoms with E-state index in [2.05, 4.69) is 5.32 Å². The molecule has 1 amide bonds. The van der Waals surface area contributed by atoms with E-state index in [1.807, 2.05) is 30.3 Å². The minimum Gasteiger partial charge on any atom is -0.464 e. The van der Waals surface area contributed by atoms with E-state index in [0.717, 1.165) is 5.56 Å². The molecule has 0 unspecified atom stereocenters. The number of ether oxygens (including phenoxy) is 2. The molecule has 2 atom stereocenters. The molecule has 8 heteroatoms. The van der Waals surface area contributed by atoms with Crippen LogP contribution in [0.3, 0.4) is 0 Å². The first-order valence-electron chi connectivity index (χ1n) is 11.6. The summed E-state index contributed by atoms with van der Waals surface area (Å²) < 4.78 is 10.1. The third-order valence-electron chi connectivity index (χ3n) is 5.47. The second kappa shape index (κ2) is 12.9. The first kappa shape index (κ1) is 26.9. The van der Waals surface area contributed by atoms with Gasteiger partial charge in [-0.1, -0.05) is 60.1 Å². The number of halogens is 1. The van der Waals surface area contributed by atoms with Crippen LogP contribution in [0.4, 0.5) is 0 Å². The number of aliphatic hydroxyl groups is 1. The molecular weight excluding hydrogens is 482 g/mol. The molecule has 0 saturated carbocycles. The number of nitrogens with one attached hydrogen (secondary N) is 1. The van der Waals surface area contributed by atoms with E-state index in [4.69, 9.17) is 21.1 Å². The highest BCUT2D eigenvalue weighted by Gasteiger charge is 2.29. The third-order valence-corrected chi connectivity index (χ3v) is 5.79. The average Bonchev–Trinajstić information content (AvgIpc) is 2.89. The zero-order valence-electron chi connectivity index (χ0n) is 20.1. The molecule has 0 aromatic heterocycles. The molecular formula is C28H28ClNO6. The summed E-state index contributed by atoms with van der Waals surface area (Å²) in [5.41, 5.74) is 2.37. The lowest BCUT2D eigenvalue weighted by Gasteiger charge is -2.23. The first-order valence-corrected chi connectivity index (χ1v) is 12.0. The van der Waals surface area contributed by atoms with E-state index >= 15 is 0 Å². The third kappa shape index (κ3) is 6.71. The number of hydrogen-bond acceptors (Lipinski definition) is 6. The number of hydrogen-bond donors (Lipinski definition) is 2. The molecule has 2 N–H and O–H groups in total. The summed E-state index contributed by atoms with van der Waals surface area (Å²) in [6, 6.07) is 19.7. The number of carbonyl (C=O) groups excluding carboxylic acids is 3. The van der Waals surface area contributed by atoms with Gasteiger partial charge in [-0.25, -0.2) is 9.59 Å². The number of rotatable bonds is 10. The highest BCUT2D eigenvalue weighted by Crippen LogP contribution is 2.32. The van der Waals surface area contributed by atoms with Crippen molar-refractivity contribution in [1.82, 2.24) is 5.32 Å². The molecule has 36 heavy (non-hydrogen) atoms. The van der Waals surface area contributed by atoms with Gasteiger partial charge >= 0.3 is 11.9 Å². The number of aliphatic hydroxyl groups excluding tert-OH is 1. The van der Waals surface area contributed by atoms with Crippen molar-refractivity contribution in [3.05, 3.63) is 94.5 Å². The van der Waals surface area contributed by atoms with E-state index in [-0.39, 0.29) is 25.2 Å². The molecule has 3 aromatic carbocycles. The lowest BCUT2D eigenvalue weighted by Crippen LogP contribution is -2.48. The van der Waals surface area contributed by atoms with Gasteiger partial charge in [-0.3, -0.25) is 4.79 Å². The minimum atomic E-state index is -1.56. The zero-order valence-corrected chi connectivity index (χ0v) is 20.8. The summed E-state index contributed by atoms with van der Waals surface area (Å²) >= 11 is 6.44. The van der Waals surface area contributed by atoms with Crippen LogP contribution in [-0.2, 0) is 20.7 Å². The van der Waals surface area contributed by atoms with E-state index in [0.29, 0.717) is 21.7 Å². The van der Waals surface area contributed by atoms with Gasteiger partial charge < -0.3 is 19.9 Å². The van der Waals surface area contributed by atoms with Crippen molar-refractivity contribution < 1.29 is 29.0 Å². The fraction of sp³-hybridized carbons (Fsp3) is 0.250. The molecule has 188 valence electrons. The lowest BCUT2D eigenvalue weighted by molar-refractivity contribution is -0.154. The number of benzene rings is 3. The SMILES string of the molecule is CCOC(=O)c1ccccc1-c1cc(C(=O)N[C@H](Cc2ccccc2)[C@@H](O)C(=O)OCC)ccc1Cl. The molecule has 0 aliphatic heterocycles. The minimum absolute atomic E-state index is 0.0995. The van der Waals surface area contributed by atoms with Crippen LogP contribution in [0.2, 0.25) is 5.02 Å². The van der Waals surface area contributed by atoms with Crippen molar-refractivity contribution in [2.45, 2.75) is 32.4 Å². The van der Waals surface area contributed by atoms with Crippen molar-refractivity contribution in [2.75, 3.05) is 13.2 Å². The van der Waals surface area contributed by atoms with E-state index in [1.54, 1.807) is 50.2 Å². The van der Waals surface area contributed by atoms with Gasteiger partial charge in [0.15, 0.2) is 6.10 Å². The Morgan fingerprint density at radius 3 is 2.25 bits per heavy atom. The number of amides is 1. The Kier molecular flexibility index (Phi) is 9.61. The predicted octanol–water partition coefficient (Wildman–Crippen LogP) is 4.45. The second-order valence-corrected chi connectivity index (χ2v) is 8.33. The van der Waals surface area contributed by atoms with Gasteiger partial charge in [-0.2, -0.15) is 0 Å². The molecule has 0 bridgehead atoms. The average molecular weight is 510 g/mol. The van der Waals surface area contributed by atoms with E-state index in [9.17, 15) is 19.5 Å². The van der Waals surface area contributed by atoms with Gasteiger partial charge in [0.25, 0.3) is 5.91 Å². The Labute approximate surface area is 215 Å². The summed E-state index contributed by atoms with van der Waals surface area (Å²) in [6.45, 7) is 3.67. The summed E-state index contributed by atoms with van der Waals surface area (Å²) in [6.07, 6.45) is -1.36. The topological polar surface area (TPSA) is 102 Å². The summed E-state index contributed by atoms with van der Waals surface area (Å²) in [4.78, 5) is 37.9. The maximum Gasteiger partial charge on any atom is 0.338 e. The lowest BCUT2D eigenvalue weighted by atomic mass is 9.97. The van der Waals surface area contributed by atoms with Crippen LogP contribution in [-0.4, -0.2) is 48.3 Å². The number of esters is 2. The van der Waals surface area contributed by atoms with Crippen molar-refractivity contribution in [3.8, 4) is 11.1 Å². The number of carbonyl (C=O) groups is 3. The fourth-order valence-electron chi connectivity index (χ4n) is 3.73. The second-order valence-electron chi connectivity index (χ2n) is 7.93. The van der Waals surface area contributed by atoms with Crippen molar-refractivity contribution in [2.24, 2.45) is 0 Å². The Hall–Kier alpha value is -3.68. The van der Waals surface area contributed by atoms with Crippen LogP contribution in [0, 0.1) is 0 Å². The van der Waals surface area contributed by atoms with Gasteiger partial charge in [0.2, 0.25) is 0 Å². The summed E-state index contributed by atoms with van der Waals surface area (Å²) in [5, 5.41) is 13.7. The van der Waals surface area contributed by atoms with Crippen LogP contribution in [0.1, 0.15) is 40.1 Å². The highest BCUT2D eigenvalue weighted by atomic mass is 35.5. The molecule has 3 aromatic rings. The molecule has 0 spiro atoms. The van der Waals surface area contributed by atoms with Gasteiger partial charge in [-0.05, 0) is 55.7 Å². The maximum atomic E-state index is 13.2. The molecule has 0 saturated heterocycles. The molecule has 0 aliphatic rings. The Bertz CT molecular complexity index is 1210. The molecule has 0 radical (unpaired) electrons. The normalized spacial score (nSPS) is 12.3. The van der Waals surface area contributed by atoms with Crippen molar-refractivity contribution in [1.29, 1.82) is 0 Å². The Morgan fingerprint density at radius 2 is 1.56 bits per heavy atom. The summed E-state index contributed by atoms with van der Waals surface area (Å²) in [7, 11) is 0. The largest absolute Gasteiger partial charge is 0.464 e. The molecule has 7 nitrogen and oxygen atoms in total. The monoisotopic (exact) mass is 509 g/mol. The maximum absolute atomic E-state index is 13.2. The predicted molar refractivity (Wildman–Crippen MR) is 137 cm³/mol. The van der Waals surface area contributed by atoms with Crippen molar-refractivity contribution in [3.63, 3.8) is 0 Å².